The summed E-state index contributed by atoms with van der Waals surface area (Å²) in [6, 6.07) is 0. The van der Waals surface area contributed by atoms with Gasteiger partial charge in [0.05, 0.1) is 5.71 Å². The van der Waals surface area contributed by atoms with Crippen LogP contribution in [-0.4, -0.2) is 12.8 Å². The van der Waals surface area contributed by atoms with Crippen LogP contribution in [0.25, 0.3) is 0 Å². The van der Waals surface area contributed by atoms with E-state index < -0.39 is 0 Å². The lowest BCUT2D eigenvalue weighted by atomic mass is 9.54. The summed E-state index contributed by atoms with van der Waals surface area (Å²) in [7, 11) is 1.68. The largest absolute Gasteiger partial charge is 0.399 e. The standard InChI is InChI=1S/C16H29NO/c1-11(2)12-10-13(17-18-6)14-15(3,4)8-7-9-16(12,14)5/h11-12,14H,7-10H2,1-6H3/t12-,14-,16-/m0/s1. The molecule has 0 aromatic heterocycles. The van der Waals surface area contributed by atoms with Gasteiger partial charge < -0.3 is 4.84 Å². The first kappa shape index (κ1) is 13.9. The molecule has 0 radical (unpaired) electrons. The Balaban J connectivity index is 2.43. The van der Waals surface area contributed by atoms with Crippen LogP contribution in [0, 0.1) is 28.6 Å². The predicted octanol–water partition coefficient (Wildman–Crippen LogP) is 4.50. The van der Waals surface area contributed by atoms with Crippen LogP contribution < -0.4 is 0 Å². The Hall–Kier alpha value is -0.530. The molecule has 104 valence electrons. The Morgan fingerprint density at radius 1 is 1.22 bits per heavy atom. The second-order valence-corrected chi connectivity index (χ2v) is 7.60. The quantitative estimate of drug-likeness (QED) is 0.662. The number of rotatable bonds is 2. The molecule has 2 heteroatoms. The van der Waals surface area contributed by atoms with E-state index in [0.717, 1.165) is 18.3 Å². The highest BCUT2D eigenvalue weighted by Gasteiger charge is 2.58. The maximum absolute atomic E-state index is 5.13. The number of nitrogens with zero attached hydrogens (tertiary/aromatic N) is 1. The fourth-order valence-corrected chi connectivity index (χ4v) is 5.12. The van der Waals surface area contributed by atoms with Crippen LogP contribution in [0.4, 0.5) is 0 Å². The smallest absolute Gasteiger partial charge is 0.106 e. The van der Waals surface area contributed by atoms with Gasteiger partial charge in [0.2, 0.25) is 0 Å². The van der Waals surface area contributed by atoms with Crippen LogP contribution in [0.2, 0.25) is 0 Å². The fraction of sp³-hybridized carbons (Fsp3) is 0.938. The molecule has 2 aliphatic carbocycles. The summed E-state index contributed by atoms with van der Waals surface area (Å²) < 4.78 is 0. The summed E-state index contributed by atoms with van der Waals surface area (Å²) >= 11 is 0. The van der Waals surface area contributed by atoms with E-state index in [1.54, 1.807) is 7.11 Å². The van der Waals surface area contributed by atoms with Crippen molar-refractivity contribution in [2.45, 2.75) is 60.3 Å². The van der Waals surface area contributed by atoms with Gasteiger partial charge in [0, 0.05) is 5.92 Å². The maximum Gasteiger partial charge on any atom is 0.106 e. The van der Waals surface area contributed by atoms with Gasteiger partial charge in [-0.15, -0.1) is 0 Å². The third-order valence-corrected chi connectivity index (χ3v) is 5.60. The van der Waals surface area contributed by atoms with E-state index in [-0.39, 0.29) is 0 Å². The van der Waals surface area contributed by atoms with Crippen LogP contribution in [-0.2, 0) is 4.84 Å². The topological polar surface area (TPSA) is 21.6 Å². The Labute approximate surface area is 112 Å². The molecule has 3 atom stereocenters. The van der Waals surface area contributed by atoms with E-state index in [1.807, 2.05) is 0 Å². The van der Waals surface area contributed by atoms with Gasteiger partial charge in [0.15, 0.2) is 0 Å². The molecule has 0 aliphatic heterocycles. The zero-order valence-corrected chi connectivity index (χ0v) is 12.9. The second kappa shape index (κ2) is 4.54. The third kappa shape index (κ3) is 1.98. The minimum atomic E-state index is 0.369. The van der Waals surface area contributed by atoms with Crippen molar-refractivity contribution in [1.82, 2.24) is 0 Å². The van der Waals surface area contributed by atoms with Gasteiger partial charge in [-0.3, -0.25) is 0 Å². The van der Waals surface area contributed by atoms with Gasteiger partial charge in [0.1, 0.15) is 7.11 Å². The average molecular weight is 251 g/mol. The number of fused-ring (bicyclic) bond motifs is 1. The third-order valence-electron chi connectivity index (χ3n) is 5.60. The van der Waals surface area contributed by atoms with Crippen molar-refractivity contribution in [2.75, 3.05) is 7.11 Å². The normalized spacial score (nSPS) is 41.2. The van der Waals surface area contributed by atoms with Crippen LogP contribution in [0.5, 0.6) is 0 Å². The van der Waals surface area contributed by atoms with Gasteiger partial charge >= 0.3 is 0 Å². The minimum absolute atomic E-state index is 0.369. The van der Waals surface area contributed by atoms with Crippen LogP contribution in [0.3, 0.4) is 0 Å². The van der Waals surface area contributed by atoms with E-state index in [0.29, 0.717) is 16.7 Å². The zero-order valence-electron chi connectivity index (χ0n) is 12.9. The molecule has 0 aromatic rings. The Morgan fingerprint density at radius 3 is 2.44 bits per heavy atom. The SMILES string of the molecule is CON=C1C[C@@H](C(C)C)[C@]2(C)CCCC(C)(C)[C@H]12. The van der Waals surface area contributed by atoms with E-state index in [9.17, 15) is 0 Å². The average Bonchev–Trinajstić information content (AvgIpc) is 2.52. The highest BCUT2D eigenvalue weighted by atomic mass is 16.6. The molecule has 2 nitrogen and oxygen atoms in total. The van der Waals surface area contributed by atoms with Gasteiger partial charge in [-0.05, 0) is 41.9 Å². The first-order chi connectivity index (χ1) is 8.33. The molecule has 0 saturated heterocycles. The van der Waals surface area contributed by atoms with Crippen LogP contribution in [0.15, 0.2) is 5.16 Å². The van der Waals surface area contributed by atoms with Gasteiger partial charge in [0.25, 0.3) is 0 Å². The van der Waals surface area contributed by atoms with Crippen molar-refractivity contribution in [3.63, 3.8) is 0 Å². The molecule has 2 rings (SSSR count). The molecule has 0 heterocycles. The van der Waals surface area contributed by atoms with Crippen molar-refractivity contribution in [1.29, 1.82) is 0 Å². The molecule has 0 N–H and O–H groups in total. The minimum Gasteiger partial charge on any atom is -0.399 e. The molecular formula is C16H29NO. The molecule has 0 spiro atoms. The summed E-state index contributed by atoms with van der Waals surface area (Å²) in [5.41, 5.74) is 2.12. The first-order valence-electron chi connectivity index (χ1n) is 7.43. The van der Waals surface area contributed by atoms with Crippen LogP contribution in [0.1, 0.15) is 60.3 Å². The molecule has 2 aliphatic rings. The van der Waals surface area contributed by atoms with Crippen molar-refractivity contribution in [3.8, 4) is 0 Å². The number of hydrogen-bond acceptors (Lipinski definition) is 2. The highest BCUT2D eigenvalue weighted by molar-refractivity contribution is 5.90. The predicted molar refractivity (Wildman–Crippen MR) is 76.6 cm³/mol. The zero-order chi connectivity index (χ0) is 13.6. The molecule has 0 bridgehead atoms. The highest BCUT2D eigenvalue weighted by Crippen LogP contribution is 2.62. The summed E-state index contributed by atoms with van der Waals surface area (Å²) in [5.74, 6) is 2.10. The summed E-state index contributed by atoms with van der Waals surface area (Å²) in [5, 5.41) is 4.40. The Bertz CT molecular complexity index is 345. The molecule has 2 saturated carbocycles. The molecule has 0 unspecified atom stereocenters. The van der Waals surface area contributed by atoms with Gasteiger partial charge in [-0.25, -0.2) is 0 Å². The lowest BCUT2D eigenvalue weighted by molar-refractivity contribution is 0.00808. The lowest BCUT2D eigenvalue weighted by Gasteiger charge is -2.50. The Morgan fingerprint density at radius 2 is 1.89 bits per heavy atom. The molecule has 0 amide bonds. The van der Waals surface area contributed by atoms with Crippen molar-refractivity contribution in [3.05, 3.63) is 0 Å². The number of hydrogen-bond donors (Lipinski definition) is 0. The van der Waals surface area contributed by atoms with E-state index >= 15 is 0 Å². The van der Waals surface area contributed by atoms with E-state index in [2.05, 4.69) is 39.8 Å². The monoisotopic (exact) mass is 251 g/mol. The molecule has 0 aromatic carbocycles. The fourth-order valence-electron chi connectivity index (χ4n) is 5.12. The lowest BCUT2D eigenvalue weighted by Crippen LogP contribution is -2.44. The molecular weight excluding hydrogens is 222 g/mol. The second-order valence-electron chi connectivity index (χ2n) is 7.60. The summed E-state index contributed by atoms with van der Waals surface area (Å²) in [6.07, 6.45) is 5.17. The first-order valence-corrected chi connectivity index (χ1v) is 7.43. The van der Waals surface area contributed by atoms with Crippen molar-refractivity contribution >= 4 is 5.71 Å². The van der Waals surface area contributed by atoms with E-state index in [1.165, 1.54) is 25.0 Å². The van der Waals surface area contributed by atoms with E-state index in [4.69, 9.17) is 4.84 Å². The number of oxime groups is 1. The summed E-state index contributed by atoms with van der Waals surface area (Å²) in [6.45, 7) is 12.1. The van der Waals surface area contributed by atoms with Crippen LogP contribution >= 0.6 is 0 Å². The molecule has 2 fully saturated rings. The van der Waals surface area contributed by atoms with Crippen molar-refractivity contribution in [2.24, 2.45) is 33.7 Å². The molecule has 18 heavy (non-hydrogen) atoms. The maximum atomic E-state index is 5.13. The Kier molecular flexibility index (Phi) is 3.50. The van der Waals surface area contributed by atoms with Crippen molar-refractivity contribution < 1.29 is 4.84 Å². The summed E-state index contributed by atoms with van der Waals surface area (Å²) in [4.78, 5) is 5.13. The van der Waals surface area contributed by atoms with Gasteiger partial charge in [-0.2, -0.15) is 0 Å². The van der Waals surface area contributed by atoms with Gasteiger partial charge in [-0.1, -0.05) is 46.2 Å².